The molecule has 0 saturated carbocycles. The minimum absolute atomic E-state index is 0. The summed E-state index contributed by atoms with van der Waals surface area (Å²) in [5.41, 5.74) is 0. The number of amides is 1. The van der Waals surface area contributed by atoms with Gasteiger partial charge in [0.15, 0.2) is 0 Å². The van der Waals surface area contributed by atoms with Crippen molar-refractivity contribution in [2.24, 2.45) is 0 Å². The zero-order valence-electron chi connectivity index (χ0n) is 7.05. The first-order chi connectivity index (χ1) is 4.81. The predicted octanol–water partition coefficient (Wildman–Crippen LogP) is 1.95. The quantitative estimate of drug-likeness (QED) is 0.674. The lowest BCUT2D eigenvalue weighted by molar-refractivity contribution is 0.145. The summed E-state index contributed by atoms with van der Waals surface area (Å²) in [6.45, 7) is 5.08. The summed E-state index contributed by atoms with van der Waals surface area (Å²) < 4.78 is 4.77. The molecule has 0 saturated heterocycles. The van der Waals surface area contributed by atoms with Crippen molar-refractivity contribution >= 4 is 18.5 Å². The number of nitrogens with one attached hydrogen (secondary N) is 1. The zero-order chi connectivity index (χ0) is 7.82. The summed E-state index contributed by atoms with van der Waals surface area (Å²) in [5, 5.41) is 2.54. The highest BCUT2D eigenvalue weighted by molar-refractivity contribution is 5.85. The number of carbonyl (C=O) groups is 1. The Morgan fingerprint density at radius 3 is 2.55 bits per heavy atom. The van der Waals surface area contributed by atoms with E-state index in [0.717, 1.165) is 12.8 Å². The maximum Gasteiger partial charge on any atom is 0.407 e. The Bertz CT molecular complexity index is 98.4. The van der Waals surface area contributed by atoms with E-state index in [4.69, 9.17) is 4.74 Å². The fourth-order valence-electron chi connectivity index (χ4n) is 0.505. The van der Waals surface area contributed by atoms with Gasteiger partial charge in [0.05, 0.1) is 6.61 Å². The van der Waals surface area contributed by atoms with E-state index >= 15 is 0 Å². The van der Waals surface area contributed by atoms with Crippen molar-refractivity contribution in [2.45, 2.75) is 26.7 Å². The first-order valence-electron chi connectivity index (χ1n) is 3.71. The molecule has 0 fully saturated rings. The van der Waals surface area contributed by atoms with Gasteiger partial charge in [0.25, 0.3) is 0 Å². The molecule has 0 aromatic rings. The molecule has 0 aromatic carbocycles. The molecule has 0 unspecified atom stereocenters. The van der Waals surface area contributed by atoms with Crippen LogP contribution in [-0.2, 0) is 4.74 Å². The molecule has 0 aliphatic carbocycles. The van der Waals surface area contributed by atoms with Crippen molar-refractivity contribution in [2.75, 3.05) is 13.2 Å². The van der Waals surface area contributed by atoms with Crippen LogP contribution in [0.2, 0.25) is 0 Å². The van der Waals surface area contributed by atoms with Gasteiger partial charge in [0.2, 0.25) is 0 Å². The van der Waals surface area contributed by atoms with Crippen LogP contribution in [0, 0.1) is 0 Å². The smallest absolute Gasteiger partial charge is 0.407 e. The summed E-state index contributed by atoms with van der Waals surface area (Å²) >= 11 is 0. The summed E-state index contributed by atoms with van der Waals surface area (Å²) in [7, 11) is 0. The van der Waals surface area contributed by atoms with Crippen molar-refractivity contribution in [3.63, 3.8) is 0 Å². The molecule has 0 rings (SSSR count). The molecule has 0 bridgehead atoms. The number of hydrogen-bond donors (Lipinski definition) is 1. The SMILES string of the molecule is CCCCOC(=O)NCC.Cl. The maximum atomic E-state index is 10.6. The highest BCUT2D eigenvalue weighted by Crippen LogP contribution is 1.87. The second-order valence-electron chi connectivity index (χ2n) is 2.02. The number of halogens is 1. The monoisotopic (exact) mass is 181 g/mol. The third kappa shape index (κ3) is 9.56. The normalized spacial score (nSPS) is 8.18. The van der Waals surface area contributed by atoms with Crippen molar-refractivity contribution in [3.05, 3.63) is 0 Å². The Morgan fingerprint density at radius 2 is 2.09 bits per heavy atom. The van der Waals surface area contributed by atoms with Crippen molar-refractivity contribution in [1.82, 2.24) is 5.32 Å². The predicted molar refractivity (Wildman–Crippen MR) is 47.2 cm³/mol. The number of ether oxygens (including phenoxy) is 1. The lowest BCUT2D eigenvalue weighted by atomic mass is 10.4. The average Bonchev–Trinajstić information content (AvgIpc) is 1.89. The maximum absolute atomic E-state index is 10.6. The molecule has 0 spiro atoms. The Hall–Kier alpha value is -0.440. The Morgan fingerprint density at radius 1 is 1.45 bits per heavy atom. The van der Waals surface area contributed by atoms with Crippen LogP contribution in [-0.4, -0.2) is 19.2 Å². The van der Waals surface area contributed by atoms with Gasteiger partial charge >= 0.3 is 6.09 Å². The average molecular weight is 182 g/mol. The minimum atomic E-state index is -0.309. The highest BCUT2D eigenvalue weighted by atomic mass is 35.5. The molecule has 68 valence electrons. The van der Waals surface area contributed by atoms with E-state index in [-0.39, 0.29) is 18.5 Å². The summed E-state index contributed by atoms with van der Waals surface area (Å²) in [6.07, 6.45) is 1.69. The van der Waals surface area contributed by atoms with Gasteiger partial charge in [0.1, 0.15) is 0 Å². The van der Waals surface area contributed by atoms with Gasteiger partial charge in [-0.15, -0.1) is 12.4 Å². The molecule has 0 heterocycles. The molecule has 0 aliphatic rings. The largest absolute Gasteiger partial charge is 0.450 e. The summed E-state index contributed by atoms with van der Waals surface area (Å²) in [4.78, 5) is 10.6. The molecule has 4 heteroatoms. The Labute approximate surface area is 73.9 Å². The fraction of sp³-hybridized carbons (Fsp3) is 0.857. The molecule has 0 radical (unpaired) electrons. The lowest BCUT2D eigenvalue weighted by Gasteiger charge is -2.02. The summed E-state index contributed by atoms with van der Waals surface area (Å²) in [6, 6.07) is 0. The van der Waals surface area contributed by atoms with Gasteiger partial charge in [-0.05, 0) is 13.3 Å². The fourth-order valence-corrected chi connectivity index (χ4v) is 0.505. The van der Waals surface area contributed by atoms with Crippen LogP contribution in [0.1, 0.15) is 26.7 Å². The van der Waals surface area contributed by atoms with Gasteiger partial charge in [-0.2, -0.15) is 0 Å². The topological polar surface area (TPSA) is 38.3 Å². The third-order valence-electron chi connectivity index (χ3n) is 1.05. The van der Waals surface area contributed by atoms with E-state index in [0.29, 0.717) is 13.2 Å². The molecule has 0 aromatic heterocycles. The van der Waals surface area contributed by atoms with E-state index in [1.165, 1.54) is 0 Å². The van der Waals surface area contributed by atoms with Crippen molar-refractivity contribution in [3.8, 4) is 0 Å². The van der Waals surface area contributed by atoms with Gasteiger partial charge in [-0.3, -0.25) is 0 Å². The molecular formula is C7H16ClNO2. The molecular weight excluding hydrogens is 166 g/mol. The van der Waals surface area contributed by atoms with Crippen LogP contribution in [0.3, 0.4) is 0 Å². The third-order valence-corrected chi connectivity index (χ3v) is 1.05. The second-order valence-corrected chi connectivity index (χ2v) is 2.02. The highest BCUT2D eigenvalue weighted by Gasteiger charge is 1.95. The van der Waals surface area contributed by atoms with E-state index < -0.39 is 0 Å². The van der Waals surface area contributed by atoms with Crippen LogP contribution in [0.5, 0.6) is 0 Å². The van der Waals surface area contributed by atoms with Crippen LogP contribution in [0.15, 0.2) is 0 Å². The molecule has 1 N–H and O–H groups in total. The zero-order valence-corrected chi connectivity index (χ0v) is 7.87. The van der Waals surface area contributed by atoms with E-state index in [1.54, 1.807) is 0 Å². The second kappa shape index (κ2) is 9.56. The number of hydrogen-bond acceptors (Lipinski definition) is 2. The first-order valence-corrected chi connectivity index (χ1v) is 3.71. The Kier molecular flexibility index (Phi) is 11.4. The van der Waals surface area contributed by atoms with Crippen molar-refractivity contribution < 1.29 is 9.53 Å². The molecule has 11 heavy (non-hydrogen) atoms. The van der Waals surface area contributed by atoms with Crippen molar-refractivity contribution in [1.29, 1.82) is 0 Å². The van der Waals surface area contributed by atoms with Crippen LogP contribution in [0.25, 0.3) is 0 Å². The number of unbranched alkanes of at least 4 members (excludes halogenated alkanes) is 1. The van der Waals surface area contributed by atoms with Gasteiger partial charge in [-0.1, -0.05) is 13.3 Å². The number of alkyl carbamates (subject to hydrolysis) is 1. The van der Waals surface area contributed by atoms with Gasteiger partial charge in [0, 0.05) is 6.54 Å². The van der Waals surface area contributed by atoms with E-state index in [9.17, 15) is 4.79 Å². The molecule has 3 nitrogen and oxygen atoms in total. The molecule has 1 amide bonds. The number of carbonyl (C=O) groups excluding carboxylic acids is 1. The first kappa shape index (κ1) is 13.2. The summed E-state index contributed by atoms with van der Waals surface area (Å²) in [5.74, 6) is 0. The van der Waals surface area contributed by atoms with Gasteiger partial charge < -0.3 is 10.1 Å². The van der Waals surface area contributed by atoms with Crippen LogP contribution >= 0.6 is 12.4 Å². The Balaban J connectivity index is 0. The van der Waals surface area contributed by atoms with E-state index in [1.807, 2.05) is 6.92 Å². The minimum Gasteiger partial charge on any atom is -0.450 e. The van der Waals surface area contributed by atoms with Gasteiger partial charge in [-0.25, -0.2) is 4.79 Å². The lowest BCUT2D eigenvalue weighted by Crippen LogP contribution is -2.23. The van der Waals surface area contributed by atoms with Crippen LogP contribution in [0.4, 0.5) is 4.79 Å². The number of rotatable bonds is 4. The molecule has 0 atom stereocenters. The van der Waals surface area contributed by atoms with E-state index in [2.05, 4.69) is 12.2 Å². The molecule has 0 aliphatic heterocycles. The standard InChI is InChI=1S/C7H15NO2.ClH/c1-3-5-6-10-7(9)8-4-2;/h3-6H2,1-2H3,(H,8,9);1H. The van der Waals surface area contributed by atoms with Crippen LogP contribution < -0.4 is 5.32 Å².